The molecule has 0 aliphatic heterocycles. The molecule has 0 saturated heterocycles. The molecule has 0 bridgehead atoms. The Morgan fingerprint density at radius 1 is 1.32 bits per heavy atom. The lowest BCUT2D eigenvalue weighted by molar-refractivity contribution is 0.154. The molecule has 0 saturated carbocycles. The number of hydrogen-bond acceptors (Lipinski definition) is 3. The van der Waals surface area contributed by atoms with Gasteiger partial charge in [0.2, 0.25) is 0 Å². The Morgan fingerprint density at radius 2 is 1.89 bits per heavy atom. The highest BCUT2D eigenvalue weighted by atomic mass is 32.1. The predicted molar refractivity (Wildman–Crippen MR) is 76.6 cm³/mol. The lowest BCUT2D eigenvalue weighted by Crippen LogP contribution is -2.29. The van der Waals surface area contributed by atoms with Gasteiger partial charge in [0.25, 0.3) is 0 Å². The van der Waals surface area contributed by atoms with Gasteiger partial charge in [0.05, 0.1) is 6.61 Å². The molecule has 2 N–H and O–H groups in total. The maximum atomic E-state index is 14.0. The lowest BCUT2D eigenvalue weighted by Gasteiger charge is -2.24. The van der Waals surface area contributed by atoms with Gasteiger partial charge in [-0.25, -0.2) is 8.78 Å². The van der Waals surface area contributed by atoms with Gasteiger partial charge in [0, 0.05) is 25.3 Å². The second-order valence-corrected chi connectivity index (χ2v) is 4.37. The first-order valence-corrected chi connectivity index (χ1v) is 6.53. The van der Waals surface area contributed by atoms with Crippen molar-refractivity contribution in [1.82, 2.24) is 0 Å². The van der Waals surface area contributed by atoms with E-state index >= 15 is 0 Å². The molecule has 1 aromatic carbocycles. The minimum atomic E-state index is -0.666. The van der Waals surface area contributed by atoms with Crippen molar-refractivity contribution in [2.24, 2.45) is 5.73 Å². The van der Waals surface area contributed by atoms with E-state index in [-0.39, 0.29) is 16.2 Å². The van der Waals surface area contributed by atoms with Crippen molar-refractivity contribution >= 4 is 22.9 Å². The van der Waals surface area contributed by atoms with Crippen LogP contribution in [0.4, 0.5) is 14.5 Å². The van der Waals surface area contributed by atoms with Gasteiger partial charge in [0.1, 0.15) is 22.3 Å². The summed E-state index contributed by atoms with van der Waals surface area (Å²) in [6.45, 7) is 5.59. The fraction of sp³-hybridized carbons (Fsp3) is 0.462. The van der Waals surface area contributed by atoms with Gasteiger partial charge in [-0.2, -0.15) is 0 Å². The molecule has 6 heteroatoms. The van der Waals surface area contributed by atoms with Gasteiger partial charge in [-0.15, -0.1) is 0 Å². The van der Waals surface area contributed by atoms with Crippen LogP contribution in [-0.4, -0.2) is 31.3 Å². The van der Waals surface area contributed by atoms with E-state index in [9.17, 15) is 8.78 Å². The number of thiocarbonyl (C=S) groups is 1. The van der Waals surface area contributed by atoms with Gasteiger partial charge < -0.3 is 15.4 Å². The molecule has 0 unspecified atom stereocenters. The average molecular weight is 288 g/mol. The molecular weight excluding hydrogens is 270 g/mol. The van der Waals surface area contributed by atoms with Gasteiger partial charge in [-0.3, -0.25) is 0 Å². The summed E-state index contributed by atoms with van der Waals surface area (Å²) in [4.78, 5) is 1.56. The van der Waals surface area contributed by atoms with Crippen LogP contribution in [-0.2, 0) is 4.74 Å². The fourth-order valence-corrected chi connectivity index (χ4v) is 1.87. The van der Waals surface area contributed by atoms with E-state index in [1.807, 2.05) is 13.8 Å². The first-order valence-electron chi connectivity index (χ1n) is 6.12. The summed E-state index contributed by atoms with van der Waals surface area (Å²) < 4.78 is 33.2. The van der Waals surface area contributed by atoms with Crippen molar-refractivity contribution in [2.75, 3.05) is 31.2 Å². The van der Waals surface area contributed by atoms with Crippen LogP contribution in [0.1, 0.15) is 19.4 Å². The van der Waals surface area contributed by atoms with E-state index in [0.29, 0.717) is 26.3 Å². The molecule has 0 fully saturated rings. The first kappa shape index (κ1) is 15.8. The van der Waals surface area contributed by atoms with Gasteiger partial charge in [0.15, 0.2) is 0 Å². The fourth-order valence-electron chi connectivity index (χ4n) is 1.76. The number of rotatable bonds is 7. The molecular formula is C13H18F2N2OS. The van der Waals surface area contributed by atoms with Crippen LogP contribution in [0.3, 0.4) is 0 Å². The van der Waals surface area contributed by atoms with E-state index in [1.54, 1.807) is 4.90 Å². The molecule has 19 heavy (non-hydrogen) atoms. The van der Waals surface area contributed by atoms with Crippen LogP contribution >= 0.6 is 12.2 Å². The summed E-state index contributed by atoms with van der Waals surface area (Å²) in [6.07, 6.45) is 0. The zero-order chi connectivity index (χ0) is 14.4. The number of benzene rings is 1. The normalized spacial score (nSPS) is 10.5. The zero-order valence-electron chi connectivity index (χ0n) is 11.1. The molecule has 0 spiro atoms. The van der Waals surface area contributed by atoms with Gasteiger partial charge >= 0.3 is 0 Å². The average Bonchev–Trinajstić information content (AvgIpc) is 2.35. The zero-order valence-corrected chi connectivity index (χ0v) is 11.9. The standard InChI is InChI=1S/C13H18F2N2OS/c1-3-17(5-6-18-4-2)12-10(14)7-9(13(16)19)8-11(12)15/h7-8H,3-6H2,1-2H3,(H2,16,19). The summed E-state index contributed by atoms with van der Waals surface area (Å²) in [5.41, 5.74) is 5.49. The Morgan fingerprint density at radius 3 is 2.32 bits per heavy atom. The molecule has 0 radical (unpaired) electrons. The van der Waals surface area contributed by atoms with Crippen LogP contribution in [0.25, 0.3) is 0 Å². The highest BCUT2D eigenvalue weighted by Crippen LogP contribution is 2.25. The van der Waals surface area contributed by atoms with E-state index in [2.05, 4.69) is 0 Å². The quantitative estimate of drug-likeness (QED) is 0.618. The maximum Gasteiger partial charge on any atom is 0.150 e. The number of nitrogens with two attached hydrogens (primary N) is 1. The Balaban J connectivity index is 3.00. The number of halogens is 2. The molecule has 1 rings (SSSR count). The van der Waals surface area contributed by atoms with Crippen LogP contribution in [0.5, 0.6) is 0 Å². The van der Waals surface area contributed by atoms with Crippen molar-refractivity contribution in [3.63, 3.8) is 0 Å². The van der Waals surface area contributed by atoms with Crippen molar-refractivity contribution < 1.29 is 13.5 Å². The van der Waals surface area contributed by atoms with Crippen LogP contribution in [0.2, 0.25) is 0 Å². The minimum Gasteiger partial charge on any atom is -0.389 e. The third-order valence-electron chi connectivity index (χ3n) is 2.71. The number of anilines is 1. The highest BCUT2D eigenvalue weighted by molar-refractivity contribution is 7.80. The molecule has 0 amide bonds. The number of ether oxygens (including phenoxy) is 1. The third-order valence-corrected chi connectivity index (χ3v) is 2.94. The molecule has 0 aliphatic carbocycles. The Hall–Kier alpha value is -1.27. The molecule has 0 atom stereocenters. The Kier molecular flexibility index (Phi) is 6.11. The van der Waals surface area contributed by atoms with Crippen molar-refractivity contribution in [1.29, 1.82) is 0 Å². The Labute approximate surface area is 117 Å². The predicted octanol–water partition coefficient (Wildman–Crippen LogP) is 2.46. The van der Waals surface area contributed by atoms with Gasteiger partial charge in [-0.05, 0) is 26.0 Å². The van der Waals surface area contributed by atoms with Crippen LogP contribution in [0, 0.1) is 11.6 Å². The van der Waals surface area contributed by atoms with Crippen molar-refractivity contribution in [2.45, 2.75) is 13.8 Å². The monoisotopic (exact) mass is 288 g/mol. The number of hydrogen-bond donors (Lipinski definition) is 1. The summed E-state index contributed by atoms with van der Waals surface area (Å²) in [5.74, 6) is -1.33. The van der Waals surface area contributed by atoms with Gasteiger partial charge in [-0.1, -0.05) is 12.2 Å². The molecule has 0 aliphatic rings. The van der Waals surface area contributed by atoms with Crippen LogP contribution in [0.15, 0.2) is 12.1 Å². The molecule has 0 aromatic heterocycles. The number of nitrogens with zero attached hydrogens (tertiary/aromatic N) is 1. The molecule has 3 nitrogen and oxygen atoms in total. The molecule has 0 heterocycles. The van der Waals surface area contributed by atoms with E-state index in [0.717, 1.165) is 12.1 Å². The summed E-state index contributed by atoms with van der Waals surface area (Å²) in [5, 5.41) is 0. The topological polar surface area (TPSA) is 38.5 Å². The highest BCUT2D eigenvalue weighted by Gasteiger charge is 2.17. The lowest BCUT2D eigenvalue weighted by atomic mass is 10.1. The second-order valence-electron chi connectivity index (χ2n) is 3.93. The number of likely N-dealkylation sites (N-methyl/N-ethyl adjacent to an activating group) is 1. The molecule has 106 valence electrons. The van der Waals surface area contributed by atoms with E-state index in [4.69, 9.17) is 22.7 Å². The van der Waals surface area contributed by atoms with E-state index in [1.165, 1.54) is 0 Å². The Bertz CT molecular complexity index is 431. The smallest absolute Gasteiger partial charge is 0.150 e. The third kappa shape index (κ3) is 4.11. The maximum absolute atomic E-state index is 14.0. The minimum absolute atomic E-state index is 0.0262. The molecule has 1 aromatic rings. The largest absolute Gasteiger partial charge is 0.389 e. The summed E-state index contributed by atoms with van der Waals surface area (Å²) in [7, 11) is 0. The van der Waals surface area contributed by atoms with Crippen LogP contribution < -0.4 is 10.6 Å². The SMILES string of the molecule is CCOCCN(CC)c1c(F)cc(C(N)=S)cc1F. The van der Waals surface area contributed by atoms with Crippen molar-refractivity contribution in [3.05, 3.63) is 29.3 Å². The van der Waals surface area contributed by atoms with E-state index < -0.39 is 11.6 Å². The summed E-state index contributed by atoms with van der Waals surface area (Å²) in [6, 6.07) is 2.31. The van der Waals surface area contributed by atoms with Crippen molar-refractivity contribution in [3.8, 4) is 0 Å². The first-order chi connectivity index (χ1) is 9.01. The second kappa shape index (κ2) is 7.35. The summed E-state index contributed by atoms with van der Waals surface area (Å²) >= 11 is 4.72.